The summed E-state index contributed by atoms with van der Waals surface area (Å²) in [5.74, 6) is 0.832. The molecule has 0 saturated carbocycles. The summed E-state index contributed by atoms with van der Waals surface area (Å²) < 4.78 is 16.4. The molecule has 0 aliphatic rings. The number of benzene rings is 2. The topological polar surface area (TPSA) is 17.8 Å². The highest BCUT2D eigenvalue weighted by molar-refractivity contribution is 14.1. The van der Waals surface area contributed by atoms with Gasteiger partial charge < -0.3 is 0 Å². The van der Waals surface area contributed by atoms with Gasteiger partial charge in [0.15, 0.2) is 0 Å². The van der Waals surface area contributed by atoms with E-state index in [1.165, 1.54) is 12.1 Å². The van der Waals surface area contributed by atoms with Crippen LogP contribution in [0.25, 0.3) is 16.7 Å². The molecule has 0 spiro atoms. The maximum Gasteiger partial charge on any atom is 0.129 e. The number of rotatable bonds is 2. The van der Waals surface area contributed by atoms with Crippen molar-refractivity contribution in [1.82, 2.24) is 9.55 Å². The average molecular weight is 401 g/mol. The molecule has 0 bridgehead atoms. The fourth-order valence-electron chi connectivity index (χ4n) is 2.33. The average Bonchev–Trinajstić information content (AvgIpc) is 2.76. The molecular weight excluding hydrogens is 390 g/mol. The standard InChI is InChI=1S/C15H11ClFIN2/c1-9-6-10(17)2-4-13(9)20-14-5-3-11(18)7-12(14)19-15(20)8-16/h2-7H,8H2,1H3. The van der Waals surface area contributed by atoms with Gasteiger partial charge in [-0.2, -0.15) is 0 Å². The van der Waals surface area contributed by atoms with E-state index in [1.807, 2.05) is 29.7 Å². The smallest absolute Gasteiger partial charge is 0.129 e. The lowest BCUT2D eigenvalue weighted by molar-refractivity contribution is 0.626. The van der Waals surface area contributed by atoms with Gasteiger partial charge in [0.2, 0.25) is 0 Å². The van der Waals surface area contributed by atoms with Crippen molar-refractivity contribution in [2.24, 2.45) is 0 Å². The van der Waals surface area contributed by atoms with Gasteiger partial charge in [0.05, 0.1) is 22.6 Å². The molecule has 102 valence electrons. The van der Waals surface area contributed by atoms with Gasteiger partial charge in [-0.05, 0) is 71.5 Å². The van der Waals surface area contributed by atoms with Crippen molar-refractivity contribution in [1.29, 1.82) is 0 Å². The third kappa shape index (κ3) is 2.31. The summed E-state index contributed by atoms with van der Waals surface area (Å²) in [6.07, 6.45) is 0. The van der Waals surface area contributed by atoms with Crippen LogP contribution in [-0.2, 0) is 5.88 Å². The molecule has 5 heteroatoms. The van der Waals surface area contributed by atoms with Crippen molar-refractivity contribution >= 4 is 45.2 Å². The quantitative estimate of drug-likeness (QED) is 0.446. The van der Waals surface area contributed by atoms with E-state index in [2.05, 4.69) is 27.6 Å². The number of alkyl halides is 1. The highest BCUT2D eigenvalue weighted by Gasteiger charge is 2.13. The number of halogens is 3. The van der Waals surface area contributed by atoms with Crippen molar-refractivity contribution in [2.75, 3.05) is 0 Å². The molecule has 0 saturated heterocycles. The molecule has 0 aliphatic heterocycles. The van der Waals surface area contributed by atoms with Crippen molar-refractivity contribution in [3.05, 3.63) is 57.2 Å². The summed E-state index contributed by atoms with van der Waals surface area (Å²) in [6, 6.07) is 10.8. The van der Waals surface area contributed by atoms with E-state index >= 15 is 0 Å². The van der Waals surface area contributed by atoms with Gasteiger partial charge in [-0.25, -0.2) is 9.37 Å². The maximum absolute atomic E-state index is 13.3. The van der Waals surface area contributed by atoms with Gasteiger partial charge in [0.25, 0.3) is 0 Å². The lowest BCUT2D eigenvalue weighted by atomic mass is 10.2. The van der Waals surface area contributed by atoms with Crippen LogP contribution >= 0.6 is 34.2 Å². The molecule has 0 unspecified atom stereocenters. The summed E-state index contributed by atoms with van der Waals surface area (Å²) in [7, 11) is 0. The molecular formula is C15H11ClFIN2. The minimum atomic E-state index is -0.238. The van der Waals surface area contributed by atoms with Crippen LogP contribution in [0.2, 0.25) is 0 Å². The van der Waals surface area contributed by atoms with Crippen LogP contribution in [0, 0.1) is 16.3 Å². The lowest BCUT2D eigenvalue weighted by Gasteiger charge is -2.11. The molecule has 0 atom stereocenters. The number of imidazole rings is 1. The van der Waals surface area contributed by atoms with E-state index in [0.717, 1.165) is 31.7 Å². The predicted molar refractivity (Wildman–Crippen MR) is 88.0 cm³/mol. The van der Waals surface area contributed by atoms with E-state index < -0.39 is 0 Å². The first-order valence-electron chi connectivity index (χ1n) is 6.09. The number of hydrogen-bond acceptors (Lipinski definition) is 1. The highest BCUT2D eigenvalue weighted by atomic mass is 127. The van der Waals surface area contributed by atoms with Crippen molar-refractivity contribution in [3.63, 3.8) is 0 Å². The molecule has 0 amide bonds. The number of hydrogen-bond donors (Lipinski definition) is 0. The maximum atomic E-state index is 13.3. The van der Waals surface area contributed by atoms with Crippen LogP contribution in [0.15, 0.2) is 36.4 Å². The number of nitrogens with zero attached hydrogens (tertiary/aromatic N) is 2. The molecule has 0 fully saturated rings. The molecule has 0 aliphatic carbocycles. The summed E-state index contributed by atoms with van der Waals surface area (Å²) in [6.45, 7) is 1.88. The molecule has 0 radical (unpaired) electrons. The molecule has 1 heterocycles. The second-order valence-electron chi connectivity index (χ2n) is 4.56. The summed E-state index contributed by atoms with van der Waals surface area (Å²) in [4.78, 5) is 4.56. The third-order valence-corrected chi connectivity index (χ3v) is 4.12. The zero-order chi connectivity index (χ0) is 14.3. The zero-order valence-corrected chi connectivity index (χ0v) is 13.6. The second-order valence-corrected chi connectivity index (χ2v) is 6.07. The monoisotopic (exact) mass is 400 g/mol. The summed E-state index contributed by atoms with van der Waals surface area (Å²) in [5, 5.41) is 0. The van der Waals surface area contributed by atoms with Crippen LogP contribution in [0.4, 0.5) is 4.39 Å². The Morgan fingerprint density at radius 3 is 2.75 bits per heavy atom. The van der Waals surface area contributed by atoms with Gasteiger partial charge in [-0.1, -0.05) is 0 Å². The van der Waals surface area contributed by atoms with E-state index in [9.17, 15) is 4.39 Å². The van der Waals surface area contributed by atoms with Gasteiger partial charge >= 0.3 is 0 Å². The number of fused-ring (bicyclic) bond motifs is 1. The van der Waals surface area contributed by atoms with Gasteiger partial charge in [-0.3, -0.25) is 4.57 Å². The van der Waals surface area contributed by atoms with E-state index in [1.54, 1.807) is 6.07 Å². The first-order valence-corrected chi connectivity index (χ1v) is 7.71. The molecule has 2 aromatic carbocycles. The molecule has 3 rings (SSSR count). The van der Waals surface area contributed by atoms with Crippen LogP contribution in [0.5, 0.6) is 0 Å². The first kappa shape index (κ1) is 13.8. The Labute approximate surface area is 134 Å². The van der Waals surface area contributed by atoms with E-state index in [0.29, 0.717) is 5.88 Å². The molecule has 0 N–H and O–H groups in total. The Morgan fingerprint density at radius 2 is 2.05 bits per heavy atom. The Morgan fingerprint density at radius 1 is 1.25 bits per heavy atom. The fraction of sp³-hybridized carbons (Fsp3) is 0.133. The van der Waals surface area contributed by atoms with Crippen molar-refractivity contribution < 1.29 is 4.39 Å². The minimum Gasteiger partial charge on any atom is -0.295 e. The van der Waals surface area contributed by atoms with Gasteiger partial charge in [-0.15, -0.1) is 11.6 Å². The third-order valence-electron chi connectivity index (χ3n) is 3.21. The zero-order valence-electron chi connectivity index (χ0n) is 10.7. The second kappa shape index (κ2) is 5.33. The molecule has 2 nitrogen and oxygen atoms in total. The Kier molecular flexibility index (Phi) is 3.69. The van der Waals surface area contributed by atoms with E-state index in [4.69, 9.17) is 11.6 Å². The first-order chi connectivity index (χ1) is 9.60. The van der Waals surface area contributed by atoms with Crippen LogP contribution in [0.1, 0.15) is 11.4 Å². The molecule has 20 heavy (non-hydrogen) atoms. The SMILES string of the molecule is Cc1cc(F)ccc1-n1c(CCl)nc2cc(I)ccc21. The Balaban J connectivity index is 2.34. The Hall–Kier alpha value is -1.14. The Bertz CT molecular complexity index is 798. The van der Waals surface area contributed by atoms with Gasteiger partial charge in [0, 0.05) is 3.57 Å². The van der Waals surface area contributed by atoms with Crippen molar-refractivity contribution in [2.45, 2.75) is 12.8 Å². The normalized spacial score (nSPS) is 11.2. The molecule has 1 aromatic heterocycles. The lowest BCUT2D eigenvalue weighted by Crippen LogP contribution is -2.01. The minimum absolute atomic E-state index is 0.238. The number of aryl methyl sites for hydroxylation is 1. The van der Waals surface area contributed by atoms with Crippen LogP contribution < -0.4 is 0 Å². The van der Waals surface area contributed by atoms with Crippen molar-refractivity contribution in [3.8, 4) is 5.69 Å². The van der Waals surface area contributed by atoms with E-state index in [-0.39, 0.29) is 5.82 Å². The van der Waals surface area contributed by atoms with Crippen LogP contribution in [-0.4, -0.2) is 9.55 Å². The largest absolute Gasteiger partial charge is 0.295 e. The highest BCUT2D eigenvalue weighted by Crippen LogP contribution is 2.26. The summed E-state index contributed by atoms with van der Waals surface area (Å²) >= 11 is 8.27. The fourth-order valence-corrected chi connectivity index (χ4v) is 2.99. The van der Waals surface area contributed by atoms with Gasteiger partial charge in [0.1, 0.15) is 11.6 Å². The van der Waals surface area contributed by atoms with Crippen LogP contribution in [0.3, 0.4) is 0 Å². The summed E-state index contributed by atoms with van der Waals surface area (Å²) in [5.41, 5.74) is 3.65. The predicted octanol–water partition coefficient (Wildman–Crippen LogP) is 4.82. The molecule has 3 aromatic rings. The number of aromatic nitrogens is 2.